The molecule has 4 rings (SSSR count). The summed E-state index contributed by atoms with van der Waals surface area (Å²) in [6, 6.07) is 8.11. The molecule has 3 amide bonds. The van der Waals surface area contributed by atoms with Gasteiger partial charge in [0.25, 0.3) is 0 Å². The van der Waals surface area contributed by atoms with Gasteiger partial charge in [-0.05, 0) is 38.7 Å². The highest BCUT2D eigenvalue weighted by atomic mass is 79.9. The lowest BCUT2D eigenvalue weighted by molar-refractivity contribution is -0.155. The number of amides is 3. The quantitative estimate of drug-likeness (QED) is 0.297. The topological polar surface area (TPSA) is 90.4 Å². The summed E-state index contributed by atoms with van der Waals surface area (Å²) >= 11 is 3.76. The summed E-state index contributed by atoms with van der Waals surface area (Å²) in [6.45, 7) is 18.1. The molecule has 1 aromatic carbocycles. The van der Waals surface area contributed by atoms with Crippen molar-refractivity contribution in [2.45, 2.75) is 81.7 Å². The maximum Gasteiger partial charge on any atom is 0.249 e. The molecule has 1 spiro atoms. The van der Waals surface area contributed by atoms with Gasteiger partial charge in [-0.25, -0.2) is 0 Å². The zero-order valence-corrected chi connectivity index (χ0v) is 26.4. The average molecular weight is 631 g/mol. The van der Waals surface area contributed by atoms with Gasteiger partial charge in [0, 0.05) is 30.0 Å². The van der Waals surface area contributed by atoms with E-state index in [2.05, 4.69) is 29.1 Å². The minimum Gasteiger partial charge on any atom is -0.394 e. The van der Waals surface area contributed by atoms with E-state index in [4.69, 9.17) is 4.74 Å². The summed E-state index contributed by atoms with van der Waals surface area (Å²) < 4.78 is 6.72. The predicted octanol–water partition coefficient (Wildman–Crippen LogP) is 3.78. The van der Waals surface area contributed by atoms with E-state index in [0.717, 1.165) is 5.56 Å². The molecule has 0 aromatic heterocycles. The Hall–Kier alpha value is -2.49. The lowest BCUT2D eigenvalue weighted by Crippen LogP contribution is -2.62. The molecule has 1 aromatic rings. The molecule has 7 atom stereocenters. The van der Waals surface area contributed by atoms with Gasteiger partial charge in [0.2, 0.25) is 17.7 Å². The van der Waals surface area contributed by atoms with Crippen molar-refractivity contribution < 1.29 is 24.2 Å². The summed E-state index contributed by atoms with van der Waals surface area (Å²) in [6.07, 6.45) is 3.20. The third-order valence-corrected chi connectivity index (χ3v) is 9.67. The summed E-state index contributed by atoms with van der Waals surface area (Å²) in [5.74, 6) is -2.50. The smallest absolute Gasteiger partial charge is 0.249 e. The number of carbonyl (C=O) groups is 3. The summed E-state index contributed by atoms with van der Waals surface area (Å²) in [4.78, 5) is 48.2. The number of likely N-dealkylation sites (tertiary alicyclic amines) is 1. The fourth-order valence-corrected chi connectivity index (χ4v) is 7.92. The van der Waals surface area contributed by atoms with Crippen molar-refractivity contribution in [3.63, 3.8) is 0 Å². The normalized spacial score (nSPS) is 29.4. The van der Waals surface area contributed by atoms with Crippen LogP contribution in [0.15, 0.2) is 55.6 Å². The van der Waals surface area contributed by atoms with Crippen molar-refractivity contribution in [3.8, 4) is 0 Å². The minimum atomic E-state index is -1.20. The molecule has 0 radical (unpaired) electrons. The second kappa shape index (κ2) is 12.0. The SMILES string of the molecule is C=CCN(Cc1ccccc1)C(=O)[C@H]1[C@H]2C(=O)N([C@@H](CO)C(C)C)C(C(=O)N(CC=C)C(C)(C)C)C23CC(Br)[C@@H]1O3. The number of alkyl halides is 1. The molecule has 3 unspecified atom stereocenters. The number of benzene rings is 1. The van der Waals surface area contributed by atoms with Crippen LogP contribution in [-0.4, -0.2) is 91.4 Å². The van der Waals surface area contributed by atoms with Crippen LogP contribution in [-0.2, 0) is 25.7 Å². The average Bonchev–Trinajstić information content (AvgIpc) is 3.50. The van der Waals surface area contributed by atoms with E-state index in [1.165, 1.54) is 0 Å². The molecule has 224 valence electrons. The number of hydrogen-bond acceptors (Lipinski definition) is 5. The lowest BCUT2D eigenvalue weighted by Gasteiger charge is -2.44. The third-order valence-electron chi connectivity index (χ3n) is 8.82. The van der Waals surface area contributed by atoms with Crippen LogP contribution in [0.1, 0.15) is 46.6 Å². The number of carbonyl (C=O) groups excluding carboxylic acids is 3. The van der Waals surface area contributed by atoms with E-state index in [0.29, 0.717) is 26.1 Å². The molecule has 0 aliphatic carbocycles. The Kier molecular flexibility index (Phi) is 9.21. The van der Waals surface area contributed by atoms with E-state index < -0.39 is 41.2 Å². The Balaban J connectivity index is 1.82. The Morgan fingerprint density at radius 3 is 2.34 bits per heavy atom. The first-order valence-electron chi connectivity index (χ1n) is 14.4. The number of hydrogen-bond donors (Lipinski definition) is 1. The molecule has 3 aliphatic rings. The fourth-order valence-electron chi connectivity index (χ4n) is 6.98. The van der Waals surface area contributed by atoms with E-state index >= 15 is 0 Å². The Bertz CT molecular complexity index is 1170. The van der Waals surface area contributed by atoms with Gasteiger partial charge in [0.15, 0.2) is 0 Å². The summed E-state index contributed by atoms with van der Waals surface area (Å²) in [5.41, 5.74) is -0.792. The van der Waals surface area contributed by atoms with E-state index in [1.807, 2.05) is 65.0 Å². The number of aliphatic hydroxyl groups excluding tert-OH is 1. The van der Waals surface area contributed by atoms with Gasteiger partial charge in [-0.2, -0.15) is 0 Å². The maximum atomic E-state index is 14.6. The van der Waals surface area contributed by atoms with Crippen LogP contribution in [0.2, 0.25) is 0 Å². The molecule has 0 saturated carbocycles. The molecule has 3 heterocycles. The zero-order valence-electron chi connectivity index (χ0n) is 24.8. The van der Waals surface area contributed by atoms with Crippen LogP contribution in [0.5, 0.6) is 0 Å². The van der Waals surface area contributed by atoms with Gasteiger partial charge in [0.1, 0.15) is 11.6 Å². The number of ether oxygens (including phenoxy) is 1. The van der Waals surface area contributed by atoms with Gasteiger partial charge >= 0.3 is 0 Å². The number of rotatable bonds is 11. The number of aliphatic hydroxyl groups is 1. The van der Waals surface area contributed by atoms with E-state index in [9.17, 15) is 19.5 Å². The van der Waals surface area contributed by atoms with Crippen molar-refractivity contribution in [1.29, 1.82) is 0 Å². The van der Waals surface area contributed by atoms with Gasteiger partial charge in [-0.3, -0.25) is 14.4 Å². The van der Waals surface area contributed by atoms with Crippen LogP contribution < -0.4 is 0 Å². The van der Waals surface area contributed by atoms with Gasteiger partial charge in [-0.1, -0.05) is 72.3 Å². The molecular weight excluding hydrogens is 586 g/mol. The Morgan fingerprint density at radius 1 is 1.17 bits per heavy atom. The molecule has 1 N–H and O–H groups in total. The first-order valence-corrected chi connectivity index (χ1v) is 15.4. The number of fused-ring (bicyclic) bond motifs is 1. The molecule has 8 nitrogen and oxygen atoms in total. The first kappa shape index (κ1) is 31.4. The van der Waals surface area contributed by atoms with Gasteiger partial charge in [0.05, 0.1) is 30.6 Å². The highest BCUT2D eigenvalue weighted by Gasteiger charge is 2.77. The van der Waals surface area contributed by atoms with Gasteiger partial charge in [-0.15, -0.1) is 13.2 Å². The molecule has 3 aliphatic heterocycles. The zero-order chi connectivity index (χ0) is 30.3. The van der Waals surface area contributed by atoms with Crippen molar-refractivity contribution in [1.82, 2.24) is 14.7 Å². The molecule has 41 heavy (non-hydrogen) atoms. The summed E-state index contributed by atoms with van der Waals surface area (Å²) in [5, 5.41) is 10.5. The van der Waals surface area contributed by atoms with Crippen molar-refractivity contribution in [2.24, 2.45) is 17.8 Å². The van der Waals surface area contributed by atoms with E-state index in [-0.39, 0.29) is 35.1 Å². The van der Waals surface area contributed by atoms with Crippen LogP contribution in [0.4, 0.5) is 0 Å². The Morgan fingerprint density at radius 2 is 1.80 bits per heavy atom. The largest absolute Gasteiger partial charge is 0.394 e. The van der Waals surface area contributed by atoms with Crippen molar-refractivity contribution >= 4 is 33.7 Å². The molecule has 2 bridgehead atoms. The number of halogens is 1. The number of nitrogens with zero attached hydrogens (tertiary/aromatic N) is 3. The summed E-state index contributed by atoms with van der Waals surface area (Å²) in [7, 11) is 0. The standard InChI is InChI=1S/C32H44BrN3O5/c1-8-15-34(18-21-13-11-10-12-14-21)28(38)24-25-29(39)36(23(19-37)20(3)4)27(32(25)17-22(33)26(24)41-32)30(40)35(16-9-2)31(5,6)7/h8-14,20,22-27,37H,1-2,15-19H2,3-7H3/t22?,23-,24-,25-,26-,27?,32?/m0/s1. The van der Waals surface area contributed by atoms with Crippen molar-refractivity contribution in [2.75, 3.05) is 19.7 Å². The van der Waals surface area contributed by atoms with Crippen LogP contribution >= 0.6 is 15.9 Å². The Labute approximate surface area is 252 Å². The lowest BCUT2D eigenvalue weighted by atomic mass is 9.70. The molecular formula is C32H44BrN3O5. The maximum absolute atomic E-state index is 14.6. The van der Waals surface area contributed by atoms with E-state index in [1.54, 1.807) is 26.9 Å². The van der Waals surface area contributed by atoms with Crippen LogP contribution in [0.25, 0.3) is 0 Å². The van der Waals surface area contributed by atoms with Crippen LogP contribution in [0.3, 0.4) is 0 Å². The third kappa shape index (κ3) is 5.41. The van der Waals surface area contributed by atoms with Gasteiger partial charge < -0.3 is 24.5 Å². The predicted molar refractivity (Wildman–Crippen MR) is 162 cm³/mol. The first-order chi connectivity index (χ1) is 19.3. The highest BCUT2D eigenvalue weighted by molar-refractivity contribution is 9.09. The second-order valence-corrected chi connectivity index (χ2v) is 14.0. The monoisotopic (exact) mass is 629 g/mol. The second-order valence-electron chi connectivity index (χ2n) is 12.8. The fraction of sp³-hybridized carbons (Fsp3) is 0.594. The van der Waals surface area contributed by atoms with Crippen molar-refractivity contribution in [3.05, 3.63) is 61.2 Å². The van der Waals surface area contributed by atoms with Crippen LogP contribution in [0, 0.1) is 17.8 Å². The minimum absolute atomic E-state index is 0.126. The molecule has 3 fully saturated rings. The highest BCUT2D eigenvalue weighted by Crippen LogP contribution is 2.61. The molecule has 3 saturated heterocycles. The molecule has 9 heteroatoms.